The molecule has 3 nitrogen and oxygen atoms in total. The minimum absolute atomic E-state index is 0.0964. The summed E-state index contributed by atoms with van der Waals surface area (Å²) in [6, 6.07) is 1.85. The van der Waals surface area contributed by atoms with Crippen molar-refractivity contribution in [2.24, 2.45) is 0 Å². The maximum Gasteiger partial charge on any atom is 0.265 e. The molecule has 1 aromatic rings. The molecule has 2 rings (SSSR count). The van der Waals surface area contributed by atoms with Gasteiger partial charge in [-0.25, -0.2) is 0 Å². The van der Waals surface area contributed by atoms with Crippen molar-refractivity contribution < 1.29 is 9.90 Å². The van der Waals surface area contributed by atoms with Gasteiger partial charge in [0.15, 0.2) is 0 Å². The number of nitrogens with zero attached hydrogens (tertiary/aromatic N) is 1. The van der Waals surface area contributed by atoms with Gasteiger partial charge in [0.05, 0.1) is 0 Å². The second-order valence-corrected chi connectivity index (χ2v) is 5.60. The van der Waals surface area contributed by atoms with E-state index in [1.165, 1.54) is 30.6 Å². The van der Waals surface area contributed by atoms with Crippen molar-refractivity contribution in [1.82, 2.24) is 4.90 Å². The molecule has 19 heavy (non-hydrogen) atoms. The molecule has 1 aliphatic rings. The maximum atomic E-state index is 12.5. The number of aliphatic hydroxyl groups excluding tert-OH is 1. The number of aliphatic hydroxyl groups is 1. The minimum atomic E-state index is -0.173. The van der Waals surface area contributed by atoms with E-state index >= 15 is 0 Å². The summed E-state index contributed by atoms with van der Waals surface area (Å²) in [6.07, 6.45) is 5.90. The maximum absolute atomic E-state index is 12.5. The summed E-state index contributed by atoms with van der Waals surface area (Å²) in [4.78, 5) is 15.2. The molecule has 1 aromatic heterocycles. The van der Waals surface area contributed by atoms with Crippen LogP contribution in [0.5, 0.6) is 0 Å². The highest BCUT2D eigenvalue weighted by Crippen LogP contribution is 2.20. The summed E-state index contributed by atoms with van der Waals surface area (Å²) in [5, 5.41) is 10.6. The number of amides is 1. The van der Waals surface area contributed by atoms with Gasteiger partial charge in [0.2, 0.25) is 0 Å². The highest BCUT2D eigenvalue weighted by Gasteiger charge is 2.20. The largest absolute Gasteiger partial charge is 0.384 e. The van der Waals surface area contributed by atoms with Crippen LogP contribution in [0.1, 0.15) is 47.3 Å². The van der Waals surface area contributed by atoms with Crippen molar-refractivity contribution in [3.8, 4) is 11.8 Å². The molecule has 0 unspecified atom stereocenters. The summed E-state index contributed by atoms with van der Waals surface area (Å²) in [5.41, 5.74) is 0.742. The Morgan fingerprint density at radius 3 is 2.63 bits per heavy atom. The van der Waals surface area contributed by atoms with Crippen LogP contribution >= 0.6 is 11.3 Å². The first-order valence-corrected chi connectivity index (χ1v) is 7.67. The average Bonchev–Trinajstić information content (AvgIpc) is 2.83. The molecule has 102 valence electrons. The number of hydrogen-bond acceptors (Lipinski definition) is 3. The summed E-state index contributed by atoms with van der Waals surface area (Å²) in [7, 11) is 0. The molecule has 0 aromatic carbocycles. The lowest BCUT2D eigenvalue weighted by atomic mass is 10.1. The second kappa shape index (κ2) is 7.32. The molecule has 0 radical (unpaired) electrons. The van der Waals surface area contributed by atoms with Crippen molar-refractivity contribution >= 4 is 17.2 Å². The van der Waals surface area contributed by atoms with Crippen molar-refractivity contribution in [1.29, 1.82) is 0 Å². The molecule has 1 saturated heterocycles. The molecule has 0 spiro atoms. The van der Waals surface area contributed by atoms with Gasteiger partial charge in [-0.2, -0.15) is 0 Å². The second-order valence-electron chi connectivity index (χ2n) is 4.68. The Labute approximate surface area is 118 Å². The van der Waals surface area contributed by atoms with Crippen LogP contribution in [0, 0.1) is 11.8 Å². The third kappa shape index (κ3) is 3.82. The fourth-order valence-corrected chi connectivity index (χ4v) is 3.12. The topological polar surface area (TPSA) is 40.5 Å². The molecule has 1 aliphatic heterocycles. The van der Waals surface area contributed by atoms with Crippen LogP contribution in [-0.2, 0) is 0 Å². The Morgan fingerprint density at radius 1 is 1.26 bits per heavy atom. The van der Waals surface area contributed by atoms with Gasteiger partial charge in [-0.3, -0.25) is 4.79 Å². The fourth-order valence-electron chi connectivity index (χ4n) is 2.30. The van der Waals surface area contributed by atoms with Gasteiger partial charge in [-0.15, -0.1) is 11.3 Å². The molecule has 0 aliphatic carbocycles. The Kier molecular flexibility index (Phi) is 5.44. The molecule has 0 bridgehead atoms. The molecule has 0 atom stereocenters. The quantitative estimate of drug-likeness (QED) is 0.801. The Balaban J connectivity index is 2.11. The van der Waals surface area contributed by atoms with Gasteiger partial charge in [0, 0.05) is 18.7 Å². The van der Waals surface area contributed by atoms with Gasteiger partial charge in [0.1, 0.15) is 11.5 Å². The monoisotopic (exact) mass is 277 g/mol. The van der Waals surface area contributed by atoms with E-state index in [1.807, 2.05) is 16.3 Å². The zero-order chi connectivity index (χ0) is 13.5. The lowest BCUT2D eigenvalue weighted by Gasteiger charge is -2.24. The Bertz CT molecular complexity index is 476. The Morgan fingerprint density at radius 2 is 1.95 bits per heavy atom. The smallest absolute Gasteiger partial charge is 0.265 e. The number of carbonyl (C=O) groups is 1. The van der Waals surface area contributed by atoms with E-state index in [4.69, 9.17) is 5.11 Å². The SMILES string of the molecule is O=C(c1sccc1C#CCO)N1CCCCCCC1. The van der Waals surface area contributed by atoms with Gasteiger partial charge >= 0.3 is 0 Å². The molecule has 1 amide bonds. The molecule has 1 fully saturated rings. The van der Waals surface area contributed by atoms with Crippen LogP contribution in [-0.4, -0.2) is 35.6 Å². The van der Waals surface area contributed by atoms with Crippen molar-refractivity contribution in [2.75, 3.05) is 19.7 Å². The first-order valence-electron chi connectivity index (χ1n) is 6.79. The van der Waals surface area contributed by atoms with E-state index in [0.29, 0.717) is 4.88 Å². The number of rotatable bonds is 1. The lowest BCUT2D eigenvalue weighted by Crippen LogP contribution is -2.33. The lowest BCUT2D eigenvalue weighted by molar-refractivity contribution is 0.0747. The summed E-state index contributed by atoms with van der Waals surface area (Å²) < 4.78 is 0. The van der Waals surface area contributed by atoms with Gasteiger partial charge in [0.25, 0.3) is 5.91 Å². The first-order chi connectivity index (χ1) is 9.33. The molecular weight excluding hydrogens is 258 g/mol. The van der Waals surface area contributed by atoms with Crippen LogP contribution in [0.2, 0.25) is 0 Å². The van der Waals surface area contributed by atoms with E-state index in [0.717, 1.165) is 31.5 Å². The van der Waals surface area contributed by atoms with Crippen LogP contribution in [0.4, 0.5) is 0 Å². The Hall–Kier alpha value is -1.31. The zero-order valence-electron chi connectivity index (χ0n) is 11.0. The minimum Gasteiger partial charge on any atom is -0.384 e. The van der Waals surface area contributed by atoms with Gasteiger partial charge < -0.3 is 10.0 Å². The van der Waals surface area contributed by atoms with E-state index in [2.05, 4.69) is 11.8 Å². The number of likely N-dealkylation sites (tertiary alicyclic amines) is 1. The van der Waals surface area contributed by atoms with E-state index in [-0.39, 0.29) is 12.5 Å². The van der Waals surface area contributed by atoms with E-state index < -0.39 is 0 Å². The summed E-state index contributed by atoms with van der Waals surface area (Å²) in [6.45, 7) is 1.53. The van der Waals surface area contributed by atoms with Crippen molar-refractivity contribution in [3.05, 3.63) is 21.9 Å². The number of hydrogen-bond donors (Lipinski definition) is 1. The third-order valence-electron chi connectivity index (χ3n) is 3.30. The summed E-state index contributed by atoms with van der Waals surface area (Å²) in [5.74, 6) is 5.56. The summed E-state index contributed by atoms with van der Waals surface area (Å²) >= 11 is 1.44. The number of carbonyl (C=O) groups excluding carboxylic acids is 1. The molecule has 4 heteroatoms. The fraction of sp³-hybridized carbons (Fsp3) is 0.533. The predicted molar refractivity (Wildman–Crippen MR) is 77.3 cm³/mol. The highest BCUT2D eigenvalue weighted by atomic mass is 32.1. The van der Waals surface area contributed by atoms with Crippen LogP contribution < -0.4 is 0 Å². The van der Waals surface area contributed by atoms with Gasteiger partial charge in [-0.1, -0.05) is 31.1 Å². The van der Waals surface area contributed by atoms with Gasteiger partial charge in [-0.05, 0) is 24.3 Å². The molecule has 2 heterocycles. The number of thiophene rings is 1. The zero-order valence-corrected chi connectivity index (χ0v) is 11.8. The van der Waals surface area contributed by atoms with Crippen molar-refractivity contribution in [3.63, 3.8) is 0 Å². The average molecular weight is 277 g/mol. The van der Waals surface area contributed by atoms with E-state index in [9.17, 15) is 4.79 Å². The third-order valence-corrected chi connectivity index (χ3v) is 4.21. The van der Waals surface area contributed by atoms with Crippen LogP contribution in [0.3, 0.4) is 0 Å². The normalized spacial score (nSPS) is 16.2. The predicted octanol–water partition coefficient (Wildman–Crippen LogP) is 2.50. The highest BCUT2D eigenvalue weighted by molar-refractivity contribution is 7.12. The molecular formula is C15H19NO2S. The van der Waals surface area contributed by atoms with Crippen molar-refractivity contribution in [2.45, 2.75) is 32.1 Å². The molecule has 0 saturated carbocycles. The van der Waals surface area contributed by atoms with Crippen LogP contribution in [0.25, 0.3) is 0 Å². The molecule has 1 N–H and O–H groups in total. The standard InChI is InChI=1S/C15H19NO2S/c17-11-6-7-13-8-12-19-14(13)15(18)16-9-4-2-1-3-5-10-16/h8,12,17H,1-5,9-11H2. The van der Waals surface area contributed by atoms with Crippen LogP contribution in [0.15, 0.2) is 11.4 Å². The van der Waals surface area contributed by atoms with E-state index in [1.54, 1.807) is 0 Å². The first kappa shape index (κ1) is 14.1.